The summed E-state index contributed by atoms with van der Waals surface area (Å²) in [5, 5.41) is 2.61. The molecule has 1 fully saturated rings. The van der Waals surface area contributed by atoms with Gasteiger partial charge in [-0.25, -0.2) is 0 Å². The number of hydrogen-bond acceptors (Lipinski definition) is 2. The maximum absolute atomic E-state index is 13.0. The van der Waals surface area contributed by atoms with Gasteiger partial charge in [-0.2, -0.15) is 13.2 Å². The Labute approximate surface area is 132 Å². The Morgan fingerprint density at radius 3 is 2.41 bits per heavy atom. The highest BCUT2D eigenvalue weighted by Gasteiger charge is 2.34. The van der Waals surface area contributed by atoms with Crippen molar-refractivity contribution in [3.8, 4) is 0 Å². The molecule has 0 spiro atoms. The molecule has 22 heavy (non-hydrogen) atoms. The summed E-state index contributed by atoms with van der Waals surface area (Å²) in [6.45, 7) is 1.20. The molecule has 0 radical (unpaired) electrons. The summed E-state index contributed by atoms with van der Waals surface area (Å²) >= 11 is 5.62. The molecule has 122 valence electrons. The molecule has 0 bridgehead atoms. The van der Waals surface area contributed by atoms with E-state index >= 15 is 0 Å². The number of likely N-dealkylation sites (tertiary alicyclic amines) is 1. The number of hydrogen-bond donors (Lipinski definition) is 1. The van der Waals surface area contributed by atoms with Crippen LogP contribution in [0.15, 0.2) is 18.2 Å². The molecule has 1 saturated heterocycles. The molecule has 2 rings (SSSR count). The third kappa shape index (κ3) is 4.53. The van der Waals surface area contributed by atoms with Crippen LogP contribution in [0.3, 0.4) is 0 Å². The molecule has 1 aliphatic heterocycles. The first-order valence-electron chi connectivity index (χ1n) is 7.26. The molecular formula is C15H18ClF3N2O. The van der Waals surface area contributed by atoms with E-state index in [1.165, 1.54) is 12.1 Å². The van der Waals surface area contributed by atoms with Gasteiger partial charge in [0.2, 0.25) is 5.91 Å². The smallest absolute Gasteiger partial charge is 0.376 e. The Balaban J connectivity index is 2.03. The molecule has 1 aliphatic rings. The van der Waals surface area contributed by atoms with Crippen molar-refractivity contribution in [1.82, 2.24) is 4.90 Å². The number of benzene rings is 1. The molecule has 0 unspecified atom stereocenters. The lowest BCUT2D eigenvalue weighted by molar-refractivity contribution is -0.137. The number of nitrogens with zero attached hydrogens (tertiary/aromatic N) is 1. The highest BCUT2D eigenvalue weighted by Crippen LogP contribution is 2.36. The van der Waals surface area contributed by atoms with Crippen LogP contribution in [-0.2, 0) is 11.0 Å². The fourth-order valence-electron chi connectivity index (χ4n) is 2.51. The van der Waals surface area contributed by atoms with Crippen LogP contribution in [0.1, 0.15) is 31.2 Å². The first kappa shape index (κ1) is 16.9. The minimum absolute atomic E-state index is 0.0109. The molecule has 3 nitrogen and oxygen atoms in total. The van der Waals surface area contributed by atoms with Crippen molar-refractivity contribution in [2.24, 2.45) is 0 Å². The summed E-state index contributed by atoms with van der Waals surface area (Å²) in [7, 11) is 0. The number of anilines is 1. The fraction of sp³-hybridized carbons (Fsp3) is 0.533. The van der Waals surface area contributed by atoms with Crippen molar-refractivity contribution in [1.29, 1.82) is 0 Å². The van der Waals surface area contributed by atoms with E-state index in [2.05, 4.69) is 5.32 Å². The largest absolute Gasteiger partial charge is 0.418 e. The van der Waals surface area contributed by atoms with Gasteiger partial charge in [-0.15, -0.1) is 0 Å². The molecule has 7 heteroatoms. The molecule has 0 aliphatic carbocycles. The second-order valence-corrected chi connectivity index (χ2v) is 5.77. The monoisotopic (exact) mass is 334 g/mol. The second-order valence-electron chi connectivity index (χ2n) is 5.34. The Bertz CT molecular complexity index is 526. The normalized spacial score (nSPS) is 16.3. The van der Waals surface area contributed by atoms with Gasteiger partial charge in [0, 0.05) is 23.8 Å². The van der Waals surface area contributed by atoms with Crippen LogP contribution in [0.2, 0.25) is 5.02 Å². The lowest BCUT2D eigenvalue weighted by atomic mass is 10.1. The van der Waals surface area contributed by atoms with E-state index < -0.39 is 11.7 Å². The number of halogens is 4. The minimum atomic E-state index is -4.51. The first-order valence-corrected chi connectivity index (χ1v) is 7.64. The van der Waals surface area contributed by atoms with Crippen LogP contribution >= 0.6 is 11.6 Å². The van der Waals surface area contributed by atoms with Crippen LogP contribution in [0.4, 0.5) is 18.9 Å². The zero-order valence-corrected chi connectivity index (χ0v) is 12.8. The topological polar surface area (TPSA) is 32.3 Å². The maximum Gasteiger partial charge on any atom is 0.418 e. The average Bonchev–Trinajstić information content (AvgIpc) is 2.73. The second kappa shape index (κ2) is 7.22. The predicted octanol–water partition coefficient (Wildman–Crippen LogP) is 4.17. The van der Waals surface area contributed by atoms with Crippen LogP contribution in [0, 0.1) is 0 Å². The molecule has 1 amide bonds. The van der Waals surface area contributed by atoms with E-state index in [-0.39, 0.29) is 23.2 Å². The van der Waals surface area contributed by atoms with E-state index in [1.807, 2.05) is 0 Å². The zero-order valence-electron chi connectivity index (χ0n) is 12.0. The van der Waals surface area contributed by atoms with Gasteiger partial charge in [0.25, 0.3) is 0 Å². The first-order chi connectivity index (χ1) is 10.4. The molecule has 0 aromatic heterocycles. The van der Waals surface area contributed by atoms with Gasteiger partial charge < -0.3 is 10.2 Å². The van der Waals surface area contributed by atoms with Crippen LogP contribution in [0.5, 0.6) is 0 Å². The number of amides is 1. The fourth-order valence-corrected chi connectivity index (χ4v) is 2.68. The van der Waals surface area contributed by atoms with Crippen molar-refractivity contribution in [3.63, 3.8) is 0 Å². The summed E-state index contributed by atoms with van der Waals surface area (Å²) in [4.78, 5) is 13.8. The summed E-state index contributed by atoms with van der Waals surface area (Å²) in [6.07, 6.45) is -0.445. The van der Waals surface area contributed by atoms with E-state index in [0.29, 0.717) is 13.1 Å². The quantitative estimate of drug-likeness (QED) is 0.899. The summed E-state index contributed by atoms with van der Waals surface area (Å²) in [6, 6.07) is 3.48. The van der Waals surface area contributed by atoms with Gasteiger partial charge in [-0.05, 0) is 31.0 Å². The number of rotatable bonds is 3. The standard InChI is InChI=1S/C15H18ClF3N2O/c16-11-5-6-13(12(9-11)15(17,18)19)20-10-14(22)21-7-3-1-2-4-8-21/h5-6,9,20H,1-4,7-8,10H2. The SMILES string of the molecule is O=C(CNc1ccc(Cl)cc1C(F)(F)F)N1CCCCCC1. The minimum Gasteiger partial charge on any atom is -0.376 e. The highest BCUT2D eigenvalue weighted by atomic mass is 35.5. The maximum atomic E-state index is 13.0. The van der Waals surface area contributed by atoms with Crippen molar-refractivity contribution in [2.75, 3.05) is 25.0 Å². The van der Waals surface area contributed by atoms with Crippen LogP contribution < -0.4 is 5.32 Å². The lowest BCUT2D eigenvalue weighted by Gasteiger charge is -2.21. The van der Waals surface area contributed by atoms with Gasteiger partial charge in [0.15, 0.2) is 0 Å². The molecular weight excluding hydrogens is 317 g/mol. The van der Waals surface area contributed by atoms with E-state index in [4.69, 9.17) is 11.6 Å². The van der Waals surface area contributed by atoms with Gasteiger partial charge in [0.05, 0.1) is 12.1 Å². The van der Waals surface area contributed by atoms with Crippen molar-refractivity contribution in [3.05, 3.63) is 28.8 Å². The Morgan fingerprint density at radius 1 is 1.18 bits per heavy atom. The van der Waals surface area contributed by atoms with E-state index in [9.17, 15) is 18.0 Å². The number of nitrogens with one attached hydrogen (secondary N) is 1. The molecule has 0 atom stereocenters. The van der Waals surface area contributed by atoms with Crippen LogP contribution in [0.25, 0.3) is 0 Å². The Hall–Kier alpha value is -1.43. The number of carbonyl (C=O) groups excluding carboxylic acids is 1. The van der Waals surface area contributed by atoms with Gasteiger partial charge in [-0.3, -0.25) is 4.79 Å². The lowest BCUT2D eigenvalue weighted by Crippen LogP contribution is -2.36. The molecule has 1 aromatic carbocycles. The average molecular weight is 335 g/mol. The van der Waals surface area contributed by atoms with Gasteiger partial charge >= 0.3 is 6.18 Å². The summed E-state index contributed by atoms with van der Waals surface area (Å²) in [5.41, 5.74) is -0.983. The molecule has 1 aromatic rings. The Morgan fingerprint density at radius 2 is 1.82 bits per heavy atom. The van der Waals surface area contributed by atoms with E-state index in [1.54, 1.807) is 4.90 Å². The molecule has 0 saturated carbocycles. The van der Waals surface area contributed by atoms with Crippen LogP contribution in [-0.4, -0.2) is 30.4 Å². The summed E-state index contributed by atoms with van der Waals surface area (Å²) < 4.78 is 38.9. The number of alkyl halides is 3. The molecule has 1 heterocycles. The van der Waals surface area contributed by atoms with Crippen molar-refractivity contribution >= 4 is 23.2 Å². The highest BCUT2D eigenvalue weighted by molar-refractivity contribution is 6.30. The van der Waals surface area contributed by atoms with E-state index in [0.717, 1.165) is 31.7 Å². The third-order valence-corrected chi connectivity index (χ3v) is 3.91. The van der Waals surface area contributed by atoms with Gasteiger partial charge in [0.1, 0.15) is 0 Å². The third-order valence-electron chi connectivity index (χ3n) is 3.68. The van der Waals surface area contributed by atoms with Crippen molar-refractivity contribution in [2.45, 2.75) is 31.9 Å². The Kier molecular flexibility index (Phi) is 5.56. The summed E-state index contributed by atoms with van der Waals surface area (Å²) in [5.74, 6) is -0.176. The van der Waals surface area contributed by atoms with Gasteiger partial charge in [-0.1, -0.05) is 24.4 Å². The van der Waals surface area contributed by atoms with Crippen molar-refractivity contribution < 1.29 is 18.0 Å². The predicted molar refractivity (Wildman–Crippen MR) is 80.0 cm³/mol. The molecule has 1 N–H and O–H groups in total. The zero-order chi connectivity index (χ0) is 16.2. The number of carbonyl (C=O) groups is 1.